The van der Waals surface area contributed by atoms with Gasteiger partial charge >= 0.3 is 0 Å². The van der Waals surface area contributed by atoms with E-state index in [1.54, 1.807) is 18.2 Å². The van der Waals surface area contributed by atoms with Gasteiger partial charge in [-0.1, -0.05) is 12.1 Å². The van der Waals surface area contributed by atoms with Crippen molar-refractivity contribution in [3.05, 3.63) is 47.5 Å². The summed E-state index contributed by atoms with van der Waals surface area (Å²) in [6.45, 7) is 5.69. The van der Waals surface area contributed by atoms with Crippen LogP contribution in [0.25, 0.3) is 0 Å². The quantitative estimate of drug-likeness (QED) is 0.832. The third-order valence-corrected chi connectivity index (χ3v) is 4.12. The van der Waals surface area contributed by atoms with Gasteiger partial charge in [-0.15, -0.1) is 0 Å². The molecule has 1 aliphatic rings. The summed E-state index contributed by atoms with van der Waals surface area (Å²) in [7, 11) is 0. The number of rotatable bonds is 6. The molecule has 0 spiro atoms. The Balaban J connectivity index is 1.52. The van der Waals surface area contributed by atoms with Crippen molar-refractivity contribution in [2.45, 2.75) is 19.4 Å². The summed E-state index contributed by atoms with van der Waals surface area (Å²) in [6.07, 6.45) is 2.67. The molecule has 5 nitrogen and oxygen atoms in total. The summed E-state index contributed by atoms with van der Waals surface area (Å²) in [5, 5.41) is 7.18. The van der Waals surface area contributed by atoms with Crippen LogP contribution in [0, 0.1) is 12.7 Å². The monoisotopic (exact) mass is 319 g/mol. The average Bonchev–Trinajstić information content (AvgIpc) is 2.99. The zero-order chi connectivity index (χ0) is 16.1. The molecule has 0 radical (unpaired) electrons. The molecule has 3 rings (SSSR count). The van der Waals surface area contributed by atoms with E-state index in [-0.39, 0.29) is 11.9 Å². The molecule has 0 amide bonds. The molecule has 0 unspecified atom stereocenters. The van der Waals surface area contributed by atoms with Gasteiger partial charge in [0.15, 0.2) is 11.6 Å². The van der Waals surface area contributed by atoms with Gasteiger partial charge in [0.1, 0.15) is 0 Å². The first-order valence-electron chi connectivity index (χ1n) is 7.94. The van der Waals surface area contributed by atoms with Crippen molar-refractivity contribution in [3.8, 4) is 5.75 Å². The molecule has 1 aromatic heterocycles. The molecule has 0 saturated carbocycles. The first-order valence-corrected chi connectivity index (χ1v) is 7.94. The molecule has 2 aromatic rings. The van der Waals surface area contributed by atoms with Gasteiger partial charge in [-0.3, -0.25) is 10.00 Å². The van der Waals surface area contributed by atoms with Crippen LogP contribution >= 0.6 is 0 Å². The number of aromatic amines is 1. The van der Waals surface area contributed by atoms with Crippen molar-refractivity contribution < 1.29 is 13.9 Å². The number of aromatic nitrogens is 2. The number of H-pyrrole nitrogens is 1. The third kappa shape index (κ3) is 3.89. The fourth-order valence-electron chi connectivity index (χ4n) is 2.88. The van der Waals surface area contributed by atoms with Crippen molar-refractivity contribution >= 4 is 0 Å². The highest BCUT2D eigenvalue weighted by molar-refractivity contribution is 5.23. The molecule has 124 valence electrons. The lowest BCUT2D eigenvalue weighted by atomic mass is 10.1. The molecular weight excluding hydrogens is 297 g/mol. The smallest absolute Gasteiger partial charge is 0.165 e. The van der Waals surface area contributed by atoms with Crippen LogP contribution in [-0.4, -0.2) is 48.0 Å². The fraction of sp³-hybridized carbons (Fsp3) is 0.471. The summed E-state index contributed by atoms with van der Waals surface area (Å²) in [5.74, 6) is 0.000253. The van der Waals surface area contributed by atoms with Crippen LogP contribution in [0.5, 0.6) is 5.75 Å². The number of nitrogens with zero attached hydrogens (tertiary/aromatic N) is 2. The molecule has 1 aliphatic heterocycles. The minimum absolute atomic E-state index is 0.194. The Kier molecular flexibility index (Phi) is 5.25. The summed E-state index contributed by atoms with van der Waals surface area (Å²) < 4.78 is 24.6. The van der Waals surface area contributed by atoms with Crippen LogP contribution in [0.15, 0.2) is 30.5 Å². The largest absolute Gasteiger partial charge is 0.490 e. The molecule has 0 aliphatic carbocycles. The van der Waals surface area contributed by atoms with Gasteiger partial charge in [0.05, 0.1) is 37.8 Å². The molecule has 1 N–H and O–H groups in total. The van der Waals surface area contributed by atoms with Crippen LogP contribution in [0.4, 0.5) is 4.39 Å². The van der Waals surface area contributed by atoms with Crippen LogP contribution in [0.3, 0.4) is 0 Å². The van der Waals surface area contributed by atoms with E-state index in [1.807, 2.05) is 13.1 Å². The van der Waals surface area contributed by atoms with Gasteiger partial charge in [0.25, 0.3) is 0 Å². The van der Waals surface area contributed by atoms with Crippen LogP contribution in [-0.2, 0) is 4.74 Å². The maximum atomic E-state index is 13.5. The lowest BCUT2D eigenvalue weighted by Crippen LogP contribution is -2.40. The standard InChI is InChI=1S/C17H22FN3O2/c1-13-11-19-20-17(13)15-12-22-10-8-21(15)7-4-9-23-16-6-3-2-5-14(16)18/h2-3,5-6,11,15H,4,7-10,12H2,1H3,(H,19,20)/t15-/m0/s1. The highest BCUT2D eigenvalue weighted by atomic mass is 19.1. The number of hydrogen-bond acceptors (Lipinski definition) is 4. The maximum absolute atomic E-state index is 13.5. The summed E-state index contributed by atoms with van der Waals surface area (Å²) >= 11 is 0. The number of benzene rings is 1. The number of ether oxygens (including phenoxy) is 2. The van der Waals surface area contributed by atoms with E-state index in [0.29, 0.717) is 19.0 Å². The summed E-state index contributed by atoms with van der Waals surface area (Å²) in [4.78, 5) is 2.37. The van der Waals surface area contributed by atoms with Gasteiger partial charge < -0.3 is 9.47 Å². The normalized spacial score (nSPS) is 19.0. The van der Waals surface area contributed by atoms with Crippen molar-refractivity contribution in [2.24, 2.45) is 0 Å². The zero-order valence-electron chi connectivity index (χ0n) is 13.3. The Morgan fingerprint density at radius 3 is 3.09 bits per heavy atom. The number of halogens is 1. The number of aryl methyl sites for hydroxylation is 1. The Labute approximate surface area is 135 Å². The lowest BCUT2D eigenvalue weighted by Gasteiger charge is -2.35. The van der Waals surface area contributed by atoms with E-state index in [1.165, 1.54) is 6.07 Å². The molecule has 1 fully saturated rings. The van der Waals surface area contributed by atoms with E-state index >= 15 is 0 Å². The van der Waals surface area contributed by atoms with Crippen LogP contribution < -0.4 is 4.74 Å². The van der Waals surface area contributed by atoms with E-state index in [0.717, 1.165) is 37.4 Å². The first kappa shape index (κ1) is 16.0. The number of para-hydroxylation sites is 1. The summed E-state index contributed by atoms with van der Waals surface area (Å²) in [5.41, 5.74) is 2.26. The maximum Gasteiger partial charge on any atom is 0.165 e. The molecule has 23 heavy (non-hydrogen) atoms. The predicted octanol–water partition coefficient (Wildman–Crippen LogP) is 2.70. The molecule has 1 saturated heterocycles. The van der Waals surface area contributed by atoms with Crippen molar-refractivity contribution in [3.63, 3.8) is 0 Å². The van der Waals surface area contributed by atoms with Crippen molar-refractivity contribution in [1.82, 2.24) is 15.1 Å². The third-order valence-electron chi connectivity index (χ3n) is 4.12. The molecule has 2 heterocycles. The highest BCUT2D eigenvalue weighted by Gasteiger charge is 2.26. The lowest BCUT2D eigenvalue weighted by molar-refractivity contribution is -0.0120. The van der Waals surface area contributed by atoms with Crippen LogP contribution in [0.2, 0.25) is 0 Å². The highest BCUT2D eigenvalue weighted by Crippen LogP contribution is 2.25. The number of nitrogens with one attached hydrogen (secondary N) is 1. The minimum Gasteiger partial charge on any atom is -0.490 e. The SMILES string of the molecule is Cc1cn[nH]c1[C@@H]1COCCN1CCCOc1ccccc1F. The van der Waals surface area contributed by atoms with E-state index < -0.39 is 0 Å². The van der Waals surface area contributed by atoms with Gasteiger partial charge in [0.2, 0.25) is 0 Å². The van der Waals surface area contributed by atoms with E-state index in [2.05, 4.69) is 15.1 Å². The second-order valence-corrected chi connectivity index (χ2v) is 5.73. The van der Waals surface area contributed by atoms with E-state index in [9.17, 15) is 4.39 Å². The van der Waals surface area contributed by atoms with Gasteiger partial charge in [0, 0.05) is 13.1 Å². The van der Waals surface area contributed by atoms with Gasteiger partial charge in [-0.2, -0.15) is 5.10 Å². The molecule has 1 aromatic carbocycles. The molecule has 6 heteroatoms. The van der Waals surface area contributed by atoms with Crippen LogP contribution in [0.1, 0.15) is 23.7 Å². The Bertz CT molecular complexity index is 632. The van der Waals surface area contributed by atoms with Gasteiger partial charge in [-0.05, 0) is 31.0 Å². The molecule has 0 bridgehead atoms. The zero-order valence-corrected chi connectivity index (χ0v) is 13.3. The van der Waals surface area contributed by atoms with Crippen molar-refractivity contribution in [1.29, 1.82) is 0 Å². The fourth-order valence-corrected chi connectivity index (χ4v) is 2.88. The Hall–Kier alpha value is -1.92. The Morgan fingerprint density at radius 1 is 1.43 bits per heavy atom. The van der Waals surface area contributed by atoms with Crippen molar-refractivity contribution in [2.75, 3.05) is 32.9 Å². The number of morpholine rings is 1. The topological polar surface area (TPSA) is 50.4 Å². The second-order valence-electron chi connectivity index (χ2n) is 5.73. The average molecular weight is 319 g/mol. The van der Waals surface area contributed by atoms with E-state index in [4.69, 9.17) is 9.47 Å². The van der Waals surface area contributed by atoms with Gasteiger partial charge in [-0.25, -0.2) is 4.39 Å². The second kappa shape index (κ2) is 7.57. The predicted molar refractivity (Wildman–Crippen MR) is 85.0 cm³/mol. The minimum atomic E-state index is -0.315. The molecule has 1 atom stereocenters. The first-order chi connectivity index (χ1) is 11.3. The summed E-state index contributed by atoms with van der Waals surface area (Å²) in [6, 6.07) is 6.69. The number of hydrogen-bond donors (Lipinski definition) is 1. The molecular formula is C17H22FN3O2. The Morgan fingerprint density at radius 2 is 2.30 bits per heavy atom.